The largest absolute Gasteiger partial charge is 0.481 e. The van der Waals surface area contributed by atoms with Gasteiger partial charge in [0.05, 0.1) is 6.42 Å². The van der Waals surface area contributed by atoms with Crippen molar-refractivity contribution in [3.05, 3.63) is 22.4 Å². The molecule has 3 nitrogen and oxygen atoms in total. The highest BCUT2D eigenvalue weighted by molar-refractivity contribution is 7.07. The zero-order valence-corrected chi connectivity index (χ0v) is 9.96. The molecule has 4 heteroatoms. The quantitative estimate of drug-likeness (QED) is 0.811. The summed E-state index contributed by atoms with van der Waals surface area (Å²) in [6.07, 6.45) is 1.09. The van der Waals surface area contributed by atoms with Gasteiger partial charge in [0.2, 0.25) is 0 Å². The van der Waals surface area contributed by atoms with Crippen LogP contribution < -0.4 is 0 Å². The van der Waals surface area contributed by atoms with Crippen molar-refractivity contribution >= 4 is 17.3 Å². The van der Waals surface area contributed by atoms with Crippen molar-refractivity contribution < 1.29 is 9.90 Å². The van der Waals surface area contributed by atoms with Crippen LogP contribution in [0.25, 0.3) is 0 Å². The lowest BCUT2D eigenvalue weighted by molar-refractivity contribution is -0.138. The van der Waals surface area contributed by atoms with Gasteiger partial charge in [-0.25, -0.2) is 0 Å². The van der Waals surface area contributed by atoms with Crippen LogP contribution in [0.15, 0.2) is 16.8 Å². The van der Waals surface area contributed by atoms with Crippen molar-refractivity contribution in [2.45, 2.75) is 32.4 Å². The number of rotatable bonds is 6. The van der Waals surface area contributed by atoms with Gasteiger partial charge in [0, 0.05) is 12.6 Å². The van der Waals surface area contributed by atoms with Gasteiger partial charge >= 0.3 is 5.97 Å². The van der Waals surface area contributed by atoms with Gasteiger partial charge in [0.1, 0.15) is 0 Å². The van der Waals surface area contributed by atoms with Crippen molar-refractivity contribution in [2.75, 3.05) is 7.05 Å². The zero-order valence-electron chi connectivity index (χ0n) is 9.14. The molecule has 1 aromatic rings. The molecule has 0 amide bonds. The van der Waals surface area contributed by atoms with E-state index in [4.69, 9.17) is 5.11 Å². The first-order chi connectivity index (χ1) is 7.13. The van der Waals surface area contributed by atoms with E-state index in [0.29, 0.717) is 0 Å². The summed E-state index contributed by atoms with van der Waals surface area (Å²) in [5.74, 6) is -0.723. The summed E-state index contributed by atoms with van der Waals surface area (Å²) >= 11 is 1.67. The van der Waals surface area contributed by atoms with Crippen LogP contribution in [0.4, 0.5) is 0 Å². The topological polar surface area (TPSA) is 40.5 Å². The third-order valence-electron chi connectivity index (χ3n) is 2.52. The number of hydrogen-bond donors (Lipinski definition) is 1. The maximum absolute atomic E-state index is 10.7. The van der Waals surface area contributed by atoms with Crippen LogP contribution in [-0.2, 0) is 11.3 Å². The van der Waals surface area contributed by atoms with Crippen molar-refractivity contribution in [1.29, 1.82) is 0 Å². The summed E-state index contributed by atoms with van der Waals surface area (Å²) in [5, 5.41) is 12.9. The molecule has 0 fully saturated rings. The Hall–Kier alpha value is -0.870. The van der Waals surface area contributed by atoms with E-state index in [-0.39, 0.29) is 12.5 Å². The summed E-state index contributed by atoms with van der Waals surface area (Å²) < 4.78 is 0. The van der Waals surface area contributed by atoms with E-state index in [0.717, 1.165) is 13.0 Å². The number of carboxylic acid groups (broad SMARTS) is 1. The lowest BCUT2D eigenvalue weighted by Crippen LogP contribution is -2.32. The fourth-order valence-electron chi connectivity index (χ4n) is 1.61. The Morgan fingerprint density at radius 3 is 2.87 bits per heavy atom. The molecule has 0 aromatic carbocycles. The third kappa shape index (κ3) is 4.01. The summed E-state index contributed by atoms with van der Waals surface area (Å²) in [7, 11) is 1.98. The monoisotopic (exact) mass is 227 g/mol. The maximum Gasteiger partial charge on any atom is 0.304 e. The van der Waals surface area contributed by atoms with Gasteiger partial charge in [-0.1, -0.05) is 6.92 Å². The molecule has 1 heterocycles. The minimum absolute atomic E-state index is 0.127. The smallest absolute Gasteiger partial charge is 0.304 e. The van der Waals surface area contributed by atoms with Crippen molar-refractivity contribution in [3.8, 4) is 0 Å². The van der Waals surface area contributed by atoms with Crippen LogP contribution in [0.1, 0.15) is 25.3 Å². The summed E-state index contributed by atoms with van der Waals surface area (Å²) in [4.78, 5) is 12.8. The molecule has 1 rings (SSSR count). The van der Waals surface area contributed by atoms with Crippen LogP contribution in [0.2, 0.25) is 0 Å². The molecule has 0 spiro atoms. The molecule has 0 saturated heterocycles. The molecule has 0 saturated carbocycles. The van der Waals surface area contributed by atoms with E-state index in [1.807, 2.05) is 19.4 Å². The van der Waals surface area contributed by atoms with Crippen LogP contribution in [0.5, 0.6) is 0 Å². The Bertz CT molecular complexity index is 298. The van der Waals surface area contributed by atoms with Crippen LogP contribution in [-0.4, -0.2) is 29.1 Å². The minimum Gasteiger partial charge on any atom is -0.481 e. The van der Waals surface area contributed by atoms with Crippen molar-refractivity contribution in [2.24, 2.45) is 0 Å². The highest BCUT2D eigenvalue weighted by Crippen LogP contribution is 2.13. The summed E-state index contributed by atoms with van der Waals surface area (Å²) in [5.41, 5.74) is 1.26. The van der Waals surface area contributed by atoms with Gasteiger partial charge in [-0.3, -0.25) is 9.69 Å². The molecule has 1 atom stereocenters. The maximum atomic E-state index is 10.7. The van der Waals surface area contributed by atoms with Gasteiger partial charge in [0.25, 0.3) is 0 Å². The zero-order chi connectivity index (χ0) is 11.3. The Balaban J connectivity index is 2.49. The average molecular weight is 227 g/mol. The summed E-state index contributed by atoms with van der Waals surface area (Å²) in [6, 6.07) is 2.21. The molecule has 84 valence electrons. The second-order valence-corrected chi connectivity index (χ2v) is 4.49. The molecule has 1 N–H and O–H groups in total. The first-order valence-corrected chi connectivity index (χ1v) is 6.00. The number of carboxylic acids is 1. The Kier molecular flexibility index (Phi) is 4.78. The van der Waals surface area contributed by atoms with E-state index in [2.05, 4.69) is 16.3 Å². The lowest BCUT2D eigenvalue weighted by Gasteiger charge is -2.25. The minimum atomic E-state index is -0.723. The Morgan fingerprint density at radius 1 is 1.67 bits per heavy atom. The van der Waals surface area contributed by atoms with Crippen LogP contribution in [0.3, 0.4) is 0 Å². The van der Waals surface area contributed by atoms with Gasteiger partial charge < -0.3 is 5.11 Å². The van der Waals surface area contributed by atoms with Crippen molar-refractivity contribution in [1.82, 2.24) is 4.90 Å². The number of carbonyl (C=O) groups is 1. The molecule has 0 aliphatic heterocycles. The van der Waals surface area contributed by atoms with E-state index in [1.165, 1.54) is 5.56 Å². The average Bonchev–Trinajstić information content (AvgIpc) is 2.66. The molecule has 0 aliphatic rings. The first kappa shape index (κ1) is 12.2. The third-order valence-corrected chi connectivity index (χ3v) is 3.25. The molecule has 0 bridgehead atoms. The predicted molar refractivity (Wildman–Crippen MR) is 62.1 cm³/mol. The highest BCUT2D eigenvalue weighted by atomic mass is 32.1. The number of aliphatic carboxylic acids is 1. The number of nitrogens with zero attached hydrogens (tertiary/aromatic N) is 1. The fourth-order valence-corrected chi connectivity index (χ4v) is 2.27. The van der Waals surface area contributed by atoms with E-state index >= 15 is 0 Å². The molecular formula is C11H17NO2S. The number of thiophene rings is 1. The molecule has 15 heavy (non-hydrogen) atoms. The molecule has 1 unspecified atom stereocenters. The molecule has 0 aliphatic carbocycles. The first-order valence-electron chi connectivity index (χ1n) is 5.06. The predicted octanol–water partition coefficient (Wildman–Crippen LogP) is 2.43. The van der Waals surface area contributed by atoms with Crippen LogP contribution in [0, 0.1) is 0 Å². The van der Waals surface area contributed by atoms with E-state index in [9.17, 15) is 4.79 Å². The Morgan fingerprint density at radius 2 is 2.40 bits per heavy atom. The van der Waals surface area contributed by atoms with Gasteiger partial charge in [-0.2, -0.15) is 11.3 Å². The van der Waals surface area contributed by atoms with Gasteiger partial charge in [-0.05, 0) is 35.9 Å². The van der Waals surface area contributed by atoms with Crippen LogP contribution >= 0.6 is 11.3 Å². The Labute approximate surface area is 94.3 Å². The standard InChI is InChI=1S/C11H17NO2S/c1-3-10(6-11(13)14)12(2)7-9-4-5-15-8-9/h4-5,8,10H,3,6-7H2,1-2H3,(H,13,14). The van der Waals surface area contributed by atoms with E-state index in [1.54, 1.807) is 11.3 Å². The fraction of sp³-hybridized carbons (Fsp3) is 0.545. The lowest BCUT2D eigenvalue weighted by atomic mass is 10.1. The number of hydrogen-bond acceptors (Lipinski definition) is 3. The molecule has 0 radical (unpaired) electrons. The SMILES string of the molecule is CCC(CC(=O)O)N(C)Cc1ccsc1. The second-order valence-electron chi connectivity index (χ2n) is 3.71. The second kappa shape index (κ2) is 5.88. The molecule has 1 aromatic heterocycles. The molecular weight excluding hydrogens is 210 g/mol. The normalized spacial score (nSPS) is 13.0. The van der Waals surface area contributed by atoms with Crippen molar-refractivity contribution in [3.63, 3.8) is 0 Å². The van der Waals surface area contributed by atoms with E-state index < -0.39 is 5.97 Å². The highest BCUT2D eigenvalue weighted by Gasteiger charge is 2.16. The summed E-state index contributed by atoms with van der Waals surface area (Å²) in [6.45, 7) is 2.85. The van der Waals surface area contributed by atoms with Gasteiger partial charge in [0.15, 0.2) is 0 Å². The van der Waals surface area contributed by atoms with Gasteiger partial charge in [-0.15, -0.1) is 0 Å².